The van der Waals surface area contributed by atoms with E-state index in [0.717, 1.165) is 44.7 Å². The maximum absolute atomic E-state index is 12.5. The number of aromatic nitrogens is 1. The number of carbonyl (C=O) groups is 1. The van der Waals surface area contributed by atoms with Crippen LogP contribution in [0.3, 0.4) is 0 Å². The monoisotopic (exact) mass is 262 g/mol. The Morgan fingerprint density at radius 1 is 1.37 bits per heavy atom. The average molecular weight is 262 g/mol. The summed E-state index contributed by atoms with van der Waals surface area (Å²) in [7, 11) is 0. The largest absolute Gasteiger partial charge is 0.336 e. The molecule has 1 amide bonds. The molecule has 2 rings (SSSR count). The number of pyridine rings is 1. The second-order valence-electron chi connectivity index (χ2n) is 4.94. The van der Waals surface area contributed by atoms with Gasteiger partial charge in [0.05, 0.1) is 0 Å². The van der Waals surface area contributed by atoms with E-state index in [-0.39, 0.29) is 5.91 Å². The van der Waals surface area contributed by atoms with E-state index in [1.807, 2.05) is 24.0 Å². The number of nitrogens with two attached hydrogens (primary N) is 1. The predicted octanol–water partition coefficient (Wildman–Crippen LogP) is 0.497. The molecule has 0 unspecified atom stereocenters. The maximum Gasteiger partial charge on any atom is 0.272 e. The summed E-state index contributed by atoms with van der Waals surface area (Å²) in [5.74, 6) is 0.0488. The Balaban J connectivity index is 2.02. The molecule has 2 N–H and O–H groups in total. The van der Waals surface area contributed by atoms with Gasteiger partial charge in [0.1, 0.15) is 5.69 Å². The van der Waals surface area contributed by atoms with Gasteiger partial charge >= 0.3 is 0 Å². The van der Waals surface area contributed by atoms with E-state index in [1.165, 1.54) is 0 Å². The zero-order valence-corrected chi connectivity index (χ0v) is 11.5. The van der Waals surface area contributed by atoms with Gasteiger partial charge in [0.25, 0.3) is 5.91 Å². The molecular formula is C14H22N4O. The fourth-order valence-electron chi connectivity index (χ4n) is 2.44. The Labute approximate surface area is 114 Å². The highest BCUT2D eigenvalue weighted by molar-refractivity contribution is 5.93. The van der Waals surface area contributed by atoms with Crippen molar-refractivity contribution in [3.8, 4) is 0 Å². The zero-order chi connectivity index (χ0) is 13.7. The van der Waals surface area contributed by atoms with Crippen LogP contribution >= 0.6 is 0 Å². The standard InChI is InChI=1S/C14H22N4O/c1-12-4-2-6-16-13(12)14(19)18-8-3-7-17(9-5-15)10-11-18/h2,4,6H,3,5,7-11,15H2,1H3. The van der Waals surface area contributed by atoms with Crippen LogP contribution in [0.1, 0.15) is 22.5 Å². The maximum atomic E-state index is 12.5. The first-order chi connectivity index (χ1) is 9.22. The number of amides is 1. The molecule has 1 fully saturated rings. The second kappa shape index (κ2) is 6.63. The molecule has 0 aromatic carbocycles. The van der Waals surface area contributed by atoms with Crippen molar-refractivity contribution in [2.24, 2.45) is 5.73 Å². The number of carbonyl (C=O) groups excluding carboxylic acids is 1. The van der Waals surface area contributed by atoms with Gasteiger partial charge in [-0.1, -0.05) is 6.07 Å². The molecule has 1 aromatic rings. The first-order valence-corrected chi connectivity index (χ1v) is 6.85. The topological polar surface area (TPSA) is 62.5 Å². The summed E-state index contributed by atoms with van der Waals surface area (Å²) in [6.07, 6.45) is 2.68. The van der Waals surface area contributed by atoms with Gasteiger partial charge in [-0.3, -0.25) is 9.78 Å². The van der Waals surface area contributed by atoms with Crippen molar-refractivity contribution in [3.05, 3.63) is 29.6 Å². The van der Waals surface area contributed by atoms with Crippen LogP contribution in [0, 0.1) is 6.92 Å². The van der Waals surface area contributed by atoms with Crippen LogP contribution in [0.2, 0.25) is 0 Å². The van der Waals surface area contributed by atoms with Crippen molar-refractivity contribution in [1.82, 2.24) is 14.8 Å². The van der Waals surface area contributed by atoms with Gasteiger partial charge in [-0.15, -0.1) is 0 Å². The van der Waals surface area contributed by atoms with Crippen molar-refractivity contribution in [2.45, 2.75) is 13.3 Å². The quantitative estimate of drug-likeness (QED) is 0.861. The lowest BCUT2D eigenvalue weighted by Crippen LogP contribution is -2.37. The predicted molar refractivity (Wildman–Crippen MR) is 75.0 cm³/mol. The highest BCUT2D eigenvalue weighted by Crippen LogP contribution is 2.10. The minimum absolute atomic E-state index is 0.0488. The van der Waals surface area contributed by atoms with E-state index in [0.29, 0.717) is 12.2 Å². The Morgan fingerprint density at radius 3 is 2.95 bits per heavy atom. The van der Waals surface area contributed by atoms with E-state index in [2.05, 4.69) is 9.88 Å². The third-order valence-electron chi connectivity index (χ3n) is 3.53. The third kappa shape index (κ3) is 3.52. The van der Waals surface area contributed by atoms with Gasteiger partial charge in [-0.25, -0.2) is 0 Å². The lowest BCUT2D eigenvalue weighted by atomic mass is 10.2. The summed E-state index contributed by atoms with van der Waals surface area (Å²) >= 11 is 0. The molecule has 1 saturated heterocycles. The fraction of sp³-hybridized carbons (Fsp3) is 0.571. The SMILES string of the molecule is Cc1cccnc1C(=O)N1CCCN(CCN)CC1. The van der Waals surface area contributed by atoms with E-state index in [1.54, 1.807) is 6.20 Å². The van der Waals surface area contributed by atoms with Crippen LogP contribution < -0.4 is 5.73 Å². The van der Waals surface area contributed by atoms with Crippen LogP contribution in [-0.2, 0) is 0 Å². The van der Waals surface area contributed by atoms with Crippen LogP contribution in [0.15, 0.2) is 18.3 Å². The molecule has 0 saturated carbocycles. The summed E-state index contributed by atoms with van der Waals surface area (Å²) in [5.41, 5.74) is 7.10. The number of hydrogen-bond donors (Lipinski definition) is 1. The highest BCUT2D eigenvalue weighted by Gasteiger charge is 2.21. The minimum atomic E-state index is 0.0488. The van der Waals surface area contributed by atoms with Crippen molar-refractivity contribution < 1.29 is 4.79 Å². The van der Waals surface area contributed by atoms with Crippen molar-refractivity contribution in [3.63, 3.8) is 0 Å². The summed E-state index contributed by atoms with van der Waals surface area (Å²) in [6, 6.07) is 3.79. The normalized spacial score (nSPS) is 17.3. The lowest BCUT2D eigenvalue weighted by molar-refractivity contribution is 0.0755. The van der Waals surface area contributed by atoms with Crippen molar-refractivity contribution in [1.29, 1.82) is 0 Å². The number of aryl methyl sites for hydroxylation is 1. The molecule has 2 heterocycles. The summed E-state index contributed by atoms with van der Waals surface area (Å²) in [5, 5.41) is 0. The average Bonchev–Trinajstić information content (AvgIpc) is 2.65. The Bertz CT molecular complexity index is 435. The van der Waals surface area contributed by atoms with Gasteiger partial charge < -0.3 is 15.5 Å². The molecule has 1 aliphatic rings. The third-order valence-corrected chi connectivity index (χ3v) is 3.53. The smallest absolute Gasteiger partial charge is 0.272 e. The number of nitrogens with zero attached hydrogens (tertiary/aromatic N) is 3. The zero-order valence-electron chi connectivity index (χ0n) is 11.5. The fourth-order valence-corrected chi connectivity index (χ4v) is 2.44. The van der Waals surface area contributed by atoms with E-state index in [4.69, 9.17) is 5.73 Å². The highest BCUT2D eigenvalue weighted by atomic mass is 16.2. The number of rotatable bonds is 3. The van der Waals surface area contributed by atoms with Crippen LogP contribution in [-0.4, -0.2) is 60.0 Å². The molecule has 0 aliphatic carbocycles. The molecule has 0 bridgehead atoms. The van der Waals surface area contributed by atoms with Gasteiger partial charge in [0, 0.05) is 38.9 Å². The first-order valence-electron chi connectivity index (χ1n) is 6.85. The van der Waals surface area contributed by atoms with E-state index >= 15 is 0 Å². The van der Waals surface area contributed by atoms with Crippen molar-refractivity contribution in [2.75, 3.05) is 39.3 Å². The van der Waals surface area contributed by atoms with Gasteiger partial charge in [-0.05, 0) is 31.5 Å². The van der Waals surface area contributed by atoms with Gasteiger partial charge in [0.2, 0.25) is 0 Å². The molecule has 1 aromatic heterocycles. The van der Waals surface area contributed by atoms with Crippen molar-refractivity contribution >= 4 is 5.91 Å². The molecule has 5 heteroatoms. The van der Waals surface area contributed by atoms with Crippen LogP contribution in [0.4, 0.5) is 0 Å². The van der Waals surface area contributed by atoms with E-state index in [9.17, 15) is 4.79 Å². The minimum Gasteiger partial charge on any atom is -0.336 e. The molecule has 19 heavy (non-hydrogen) atoms. The van der Waals surface area contributed by atoms with Crippen LogP contribution in [0.25, 0.3) is 0 Å². The first kappa shape index (κ1) is 14.0. The Kier molecular flexibility index (Phi) is 4.87. The molecule has 0 radical (unpaired) electrons. The summed E-state index contributed by atoms with van der Waals surface area (Å²) < 4.78 is 0. The molecule has 104 valence electrons. The lowest BCUT2D eigenvalue weighted by Gasteiger charge is -2.21. The Hall–Kier alpha value is -1.46. The van der Waals surface area contributed by atoms with E-state index < -0.39 is 0 Å². The Morgan fingerprint density at radius 2 is 2.21 bits per heavy atom. The van der Waals surface area contributed by atoms with Gasteiger partial charge in [0.15, 0.2) is 0 Å². The molecule has 1 aliphatic heterocycles. The number of hydrogen-bond acceptors (Lipinski definition) is 4. The van der Waals surface area contributed by atoms with Crippen LogP contribution in [0.5, 0.6) is 0 Å². The molecule has 0 atom stereocenters. The molecule has 5 nitrogen and oxygen atoms in total. The summed E-state index contributed by atoms with van der Waals surface area (Å²) in [6.45, 7) is 6.98. The van der Waals surface area contributed by atoms with Gasteiger partial charge in [-0.2, -0.15) is 0 Å². The summed E-state index contributed by atoms with van der Waals surface area (Å²) in [4.78, 5) is 20.9. The molecule has 0 spiro atoms. The molecular weight excluding hydrogens is 240 g/mol. The second-order valence-corrected chi connectivity index (χ2v) is 4.94.